The van der Waals surface area contributed by atoms with Crippen LogP contribution in [0.15, 0.2) is 10.4 Å². The molecule has 160 valence electrons. The Hall–Kier alpha value is -1.10. The number of hydrogen-bond acceptors (Lipinski definition) is 5. The van der Waals surface area contributed by atoms with E-state index < -0.39 is 0 Å². The van der Waals surface area contributed by atoms with Crippen LogP contribution in [0.25, 0.3) is 0 Å². The summed E-state index contributed by atoms with van der Waals surface area (Å²) in [6.07, 6.45) is 1.55. The average molecular weight is 523 g/mol. The number of nitrogens with one attached hydrogen (secondary N) is 2. The summed E-state index contributed by atoms with van der Waals surface area (Å²) in [5.41, 5.74) is 1.18. The second-order valence-electron chi connectivity index (χ2n) is 7.68. The monoisotopic (exact) mass is 523 g/mol. The Kier molecular flexibility index (Phi) is 10.5. The summed E-state index contributed by atoms with van der Waals surface area (Å²) in [4.78, 5) is 23.0. The van der Waals surface area contributed by atoms with Crippen molar-refractivity contribution < 1.29 is 9.53 Å². The van der Waals surface area contributed by atoms with E-state index in [1.807, 2.05) is 6.92 Å². The van der Waals surface area contributed by atoms with Gasteiger partial charge in [0.05, 0.1) is 18.8 Å². The van der Waals surface area contributed by atoms with Gasteiger partial charge in [-0.05, 0) is 26.7 Å². The van der Waals surface area contributed by atoms with Gasteiger partial charge in [0.1, 0.15) is 5.01 Å². The maximum atomic E-state index is 11.8. The molecule has 0 unspecified atom stereocenters. The molecule has 2 N–H and O–H groups in total. The quantitative estimate of drug-likeness (QED) is 0.350. The molecule has 1 saturated heterocycles. The summed E-state index contributed by atoms with van der Waals surface area (Å²) in [7, 11) is 0. The van der Waals surface area contributed by atoms with Gasteiger partial charge in [0.2, 0.25) is 0 Å². The lowest BCUT2D eigenvalue weighted by molar-refractivity contribution is 0.0963. The molecule has 2 rings (SSSR count). The number of carbonyl (C=O) groups is 1. The van der Waals surface area contributed by atoms with Gasteiger partial charge in [-0.25, -0.2) is 14.8 Å². The first-order valence-corrected chi connectivity index (χ1v) is 10.6. The lowest BCUT2D eigenvalue weighted by atomic mass is 9.93. The third-order valence-corrected chi connectivity index (χ3v) is 5.23. The minimum atomic E-state index is -0.213. The number of aliphatic imine (C=N–C) groups is 1. The third-order valence-electron chi connectivity index (χ3n) is 4.40. The largest absolute Gasteiger partial charge is 0.450 e. The summed E-state index contributed by atoms with van der Waals surface area (Å²) in [5, 5.41) is 9.94. The number of thiazole rings is 1. The number of rotatable bonds is 5. The van der Waals surface area contributed by atoms with E-state index in [0.717, 1.165) is 36.0 Å². The van der Waals surface area contributed by atoms with E-state index >= 15 is 0 Å². The SMILES string of the molecule is CCNC(=NCc1nc(C(C)(C)C)cs1)NC1CCN(C(=O)OCC)CC1.I. The molecule has 0 aromatic carbocycles. The van der Waals surface area contributed by atoms with Crippen molar-refractivity contribution in [2.75, 3.05) is 26.2 Å². The molecule has 1 aliphatic rings. The van der Waals surface area contributed by atoms with Gasteiger partial charge in [0, 0.05) is 36.5 Å². The molecule has 0 spiro atoms. The van der Waals surface area contributed by atoms with E-state index in [0.29, 0.717) is 32.3 Å². The summed E-state index contributed by atoms with van der Waals surface area (Å²) >= 11 is 1.66. The number of ether oxygens (including phenoxy) is 1. The van der Waals surface area contributed by atoms with Crippen LogP contribution in [0, 0.1) is 0 Å². The lowest BCUT2D eigenvalue weighted by Gasteiger charge is -2.32. The zero-order chi connectivity index (χ0) is 19.9. The smallest absolute Gasteiger partial charge is 0.409 e. The van der Waals surface area contributed by atoms with Crippen molar-refractivity contribution >= 4 is 47.4 Å². The first-order valence-electron chi connectivity index (χ1n) is 9.75. The average Bonchev–Trinajstić information content (AvgIpc) is 3.10. The second kappa shape index (κ2) is 11.8. The number of amides is 1. The van der Waals surface area contributed by atoms with E-state index in [-0.39, 0.29) is 35.5 Å². The molecular formula is C19H34IN5O2S. The predicted octanol–water partition coefficient (Wildman–Crippen LogP) is 3.73. The van der Waals surface area contributed by atoms with Gasteiger partial charge < -0.3 is 20.3 Å². The van der Waals surface area contributed by atoms with Crippen molar-refractivity contribution in [1.29, 1.82) is 0 Å². The van der Waals surface area contributed by atoms with Gasteiger partial charge in [-0.3, -0.25) is 0 Å². The molecule has 1 amide bonds. The van der Waals surface area contributed by atoms with Crippen LogP contribution in [0.1, 0.15) is 58.2 Å². The Morgan fingerprint density at radius 2 is 2.04 bits per heavy atom. The van der Waals surface area contributed by atoms with Crippen molar-refractivity contribution in [3.8, 4) is 0 Å². The number of carbonyl (C=O) groups excluding carboxylic acids is 1. The first kappa shape index (κ1) is 24.9. The summed E-state index contributed by atoms with van der Waals surface area (Å²) in [6.45, 7) is 13.6. The van der Waals surface area contributed by atoms with E-state index in [1.54, 1.807) is 16.2 Å². The molecule has 7 nitrogen and oxygen atoms in total. The fourth-order valence-electron chi connectivity index (χ4n) is 2.81. The van der Waals surface area contributed by atoms with E-state index in [2.05, 4.69) is 43.7 Å². The normalized spacial score (nSPS) is 15.8. The Labute approximate surface area is 189 Å². The highest BCUT2D eigenvalue weighted by Gasteiger charge is 2.24. The van der Waals surface area contributed by atoms with E-state index in [9.17, 15) is 4.79 Å². The fraction of sp³-hybridized carbons (Fsp3) is 0.737. The number of aromatic nitrogens is 1. The molecule has 9 heteroatoms. The molecule has 0 aliphatic carbocycles. The summed E-state index contributed by atoms with van der Waals surface area (Å²) < 4.78 is 5.07. The van der Waals surface area contributed by atoms with Crippen LogP contribution in [-0.4, -0.2) is 54.2 Å². The van der Waals surface area contributed by atoms with Crippen LogP contribution in [0.3, 0.4) is 0 Å². The van der Waals surface area contributed by atoms with Crippen LogP contribution in [0.2, 0.25) is 0 Å². The fourth-order valence-corrected chi connectivity index (χ4v) is 3.75. The molecule has 1 aromatic rings. The molecular weight excluding hydrogens is 489 g/mol. The van der Waals surface area contributed by atoms with E-state index in [1.165, 1.54) is 0 Å². The minimum absolute atomic E-state index is 0. The zero-order valence-electron chi connectivity index (χ0n) is 17.6. The number of nitrogens with zero attached hydrogens (tertiary/aromatic N) is 3. The maximum absolute atomic E-state index is 11.8. The molecule has 1 fully saturated rings. The highest BCUT2D eigenvalue weighted by molar-refractivity contribution is 14.0. The Balaban J connectivity index is 0.00000392. The number of likely N-dealkylation sites (tertiary alicyclic amines) is 1. The number of guanidine groups is 1. The van der Waals surface area contributed by atoms with Crippen LogP contribution in [-0.2, 0) is 16.7 Å². The minimum Gasteiger partial charge on any atom is -0.450 e. The summed E-state index contributed by atoms with van der Waals surface area (Å²) in [5.74, 6) is 0.805. The van der Waals surface area contributed by atoms with Gasteiger partial charge in [0.25, 0.3) is 0 Å². The molecule has 1 aliphatic heterocycles. The molecule has 0 saturated carbocycles. The third kappa shape index (κ3) is 7.73. The molecule has 2 heterocycles. The first-order chi connectivity index (χ1) is 12.8. The lowest BCUT2D eigenvalue weighted by Crippen LogP contribution is -2.49. The Morgan fingerprint density at radius 1 is 1.36 bits per heavy atom. The topological polar surface area (TPSA) is 78.9 Å². The van der Waals surface area contributed by atoms with Crippen molar-refractivity contribution in [3.63, 3.8) is 0 Å². The second-order valence-corrected chi connectivity index (χ2v) is 8.62. The van der Waals surface area contributed by atoms with Crippen molar-refractivity contribution in [2.24, 2.45) is 4.99 Å². The number of hydrogen-bond donors (Lipinski definition) is 2. The van der Waals surface area contributed by atoms with Crippen LogP contribution in [0.5, 0.6) is 0 Å². The molecule has 1 aromatic heterocycles. The maximum Gasteiger partial charge on any atom is 0.409 e. The van der Waals surface area contributed by atoms with Gasteiger partial charge >= 0.3 is 6.09 Å². The van der Waals surface area contributed by atoms with Crippen LogP contribution in [0.4, 0.5) is 4.79 Å². The van der Waals surface area contributed by atoms with Crippen molar-refractivity contribution in [1.82, 2.24) is 20.5 Å². The highest BCUT2D eigenvalue weighted by atomic mass is 127. The standard InChI is InChI=1S/C19H33N5O2S.HI/c1-6-20-17(21-12-16-23-15(13-27-16)19(3,4)5)22-14-8-10-24(11-9-14)18(25)26-7-2;/h13-14H,6-12H2,1-5H3,(H2,20,21,22);1H. The summed E-state index contributed by atoms with van der Waals surface area (Å²) in [6, 6.07) is 0.301. The van der Waals surface area contributed by atoms with Gasteiger partial charge in [-0.15, -0.1) is 35.3 Å². The molecule has 0 bridgehead atoms. The Bertz CT molecular complexity index is 637. The van der Waals surface area contributed by atoms with Gasteiger partial charge in [0.15, 0.2) is 5.96 Å². The van der Waals surface area contributed by atoms with Gasteiger partial charge in [-0.2, -0.15) is 0 Å². The van der Waals surface area contributed by atoms with Crippen LogP contribution >= 0.6 is 35.3 Å². The van der Waals surface area contributed by atoms with E-state index in [4.69, 9.17) is 14.7 Å². The number of piperidine rings is 1. The number of halogens is 1. The Morgan fingerprint density at radius 3 is 2.57 bits per heavy atom. The van der Waals surface area contributed by atoms with Gasteiger partial charge in [-0.1, -0.05) is 20.8 Å². The molecule has 28 heavy (non-hydrogen) atoms. The zero-order valence-corrected chi connectivity index (χ0v) is 20.7. The van der Waals surface area contributed by atoms with Crippen molar-refractivity contribution in [3.05, 3.63) is 16.1 Å². The van der Waals surface area contributed by atoms with Crippen LogP contribution < -0.4 is 10.6 Å². The highest BCUT2D eigenvalue weighted by Crippen LogP contribution is 2.24. The van der Waals surface area contributed by atoms with Crippen molar-refractivity contribution in [2.45, 2.75) is 65.5 Å². The molecule has 0 atom stereocenters. The predicted molar refractivity (Wildman–Crippen MR) is 126 cm³/mol. The molecule has 0 radical (unpaired) electrons.